The van der Waals surface area contributed by atoms with Crippen LogP contribution in [-0.2, 0) is 6.54 Å². The Labute approximate surface area is 192 Å². The summed E-state index contributed by atoms with van der Waals surface area (Å²) in [7, 11) is 1.64. The lowest BCUT2D eigenvalue weighted by molar-refractivity contribution is 0.416. The molecule has 0 amide bonds. The lowest BCUT2D eigenvalue weighted by Crippen LogP contribution is -2.23. The molecule has 0 saturated heterocycles. The van der Waals surface area contributed by atoms with Crippen molar-refractivity contribution >= 4 is 51.7 Å². The van der Waals surface area contributed by atoms with Crippen LogP contribution in [0, 0.1) is 3.95 Å². The summed E-state index contributed by atoms with van der Waals surface area (Å²) in [5.74, 6) is 0.728. The number of thiazole rings is 1. The van der Waals surface area contributed by atoms with Crippen LogP contribution in [-0.4, -0.2) is 16.1 Å². The summed E-state index contributed by atoms with van der Waals surface area (Å²) in [4.78, 5) is 14.5. The van der Waals surface area contributed by atoms with Crippen molar-refractivity contribution in [3.05, 3.63) is 97.7 Å². The molecule has 0 saturated carbocycles. The summed E-state index contributed by atoms with van der Waals surface area (Å²) in [6.45, 7) is 0.334. The molecule has 31 heavy (non-hydrogen) atoms. The van der Waals surface area contributed by atoms with Gasteiger partial charge in [0, 0.05) is 10.6 Å². The molecule has 0 spiro atoms. The highest BCUT2D eigenvalue weighted by Gasteiger charge is 2.20. The maximum Gasteiger partial charge on any atom is 0.261 e. The molecule has 0 unspecified atom stereocenters. The van der Waals surface area contributed by atoms with Gasteiger partial charge in [-0.2, -0.15) is 0 Å². The Kier molecular flexibility index (Phi) is 5.14. The molecule has 4 nitrogen and oxygen atoms in total. The highest BCUT2D eigenvalue weighted by atomic mass is 35.5. The van der Waals surface area contributed by atoms with Gasteiger partial charge in [-0.1, -0.05) is 54.1 Å². The molecule has 0 radical (unpaired) electrons. The van der Waals surface area contributed by atoms with Crippen molar-refractivity contribution in [3.8, 4) is 16.2 Å². The molecule has 2 aromatic heterocycles. The summed E-state index contributed by atoms with van der Waals surface area (Å²) in [6.07, 6.45) is 0. The van der Waals surface area contributed by atoms with Gasteiger partial charge in [-0.3, -0.25) is 13.8 Å². The second kappa shape index (κ2) is 7.96. The first-order valence-corrected chi connectivity index (χ1v) is 11.2. The summed E-state index contributed by atoms with van der Waals surface area (Å²) in [5.41, 5.74) is 3.21. The molecule has 0 bridgehead atoms. The number of hydrogen-bond acceptors (Lipinski definition) is 4. The monoisotopic (exact) mass is 464 g/mol. The van der Waals surface area contributed by atoms with Crippen LogP contribution in [0.15, 0.2) is 77.6 Å². The van der Waals surface area contributed by atoms with Crippen LogP contribution in [0.1, 0.15) is 5.56 Å². The standard InChI is InChI=1S/C24H17ClN2O2S2/c1-29-20-13-7-4-10-17(20)21-22-26(14-15-8-2-5-11-18(15)25)23(28)16-9-3-6-12-19(16)27(22)24(30)31-21/h2-13H,14H2,1H3. The molecule has 3 aromatic carbocycles. The van der Waals surface area contributed by atoms with Gasteiger partial charge in [0.05, 0.1) is 29.4 Å². The summed E-state index contributed by atoms with van der Waals surface area (Å²) >= 11 is 13.7. The van der Waals surface area contributed by atoms with Crippen LogP contribution >= 0.6 is 35.2 Å². The van der Waals surface area contributed by atoms with Crippen molar-refractivity contribution in [2.24, 2.45) is 0 Å². The summed E-state index contributed by atoms with van der Waals surface area (Å²) in [6, 6.07) is 22.9. The quantitative estimate of drug-likeness (QED) is 0.288. The fraction of sp³-hybridized carbons (Fsp3) is 0.0833. The number of nitrogens with zero attached hydrogens (tertiary/aromatic N) is 2. The van der Waals surface area contributed by atoms with Crippen molar-refractivity contribution in [1.82, 2.24) is 8.97 Å². The molecule has 5 aromatic rings. The highest BCUT2D eigenvalue weighted by molar-refractivity contribution is 7.73. The molecule has 0 fully saturated rings. The third-order valence-electron chi connectivity index (χ3n) is 5.30. The molecule has 7 heteroatoms. The van der Waals surface area contributed by atoms with Crippen LogP contribution in [0.25, 0.3) is 27.0 Å². The van der Waals surface area contributed by atoms with E-state index < -0.39 is 0 Å². The van der Waals surface area contributed by atoms with Crippen LogP contribution < -0.4 is 10.3 Å². The molecule has 5 rings (SSSR count). The molecular weight excluding hydrogens is 448 g/mol. The third kappa shape index (κ3) is 3.28. The first-order chi connectivity index (χ1) is 15.1. The van der Waals surface area contributed by atoms with E-state index in [0.717, 1.165) is 32.9 Å². The van der Waals surface area contributed by atoms with Gasteiger partial charge >= 0.3 is 0 Å². The zero-order chi connectivity index (χ0) is 21.5. The number of benzene rings is 3. The Hall–Kier alpha value is -2.93. The summed E-state index contributed by atoms with van der Waals surface area (Å²) < 4.78 is 10.0. The Morgan fingerprint density at radius 1 is 1.00 bits per heavy atom. The fourth-order valence-electron chi connectivity index (χ4n) is 3.86. The minimum absolute atomic E-state index is 0.0838. The Bertz CT molecular complexity index is 1570. The second-order valence-corrected chi connectivity index (χ2v) is 9.11. The van der Waals surface area contributed by atoms with E-state index in [2.05, 4.69) is 0 Å². The zero-order valence-corrected chi connectivity index (χ0v) is 18.9. The van der Waals surface area contributed by atoms with Crippen molar-refractivity contribution in [3.63, 3.8) is 0 Å². The van der Waals surface area contributed by atoms with E-state index >= 15 is 0 Å². The lowest BCUT2D eigenvalue weighted by Gasteiger charge is -2.15. The maximum absolute atomic E-state index is 13.7. The van der Waals surface area contributed by atoms with Crippen LogP contribution in [0.4, 0.5) is 0 Å². The Morgan fingerprint density at radius 2 is 1.71 bits per heavy atom. The average Bonchev–Trinajstić information content (AvgIpc) is 3.14. The molecule has 0 aliphatic rings. The van der Waals surface area contributed by atoms with E-state index in [1.54, 1.807) is 11.7 Å². The van der Waals surface area contributed by atoms with Gasteiger partial charge in [0.2, 0.25) is 0 Å². The number of halogens is 1. The van der Waals surface area contributed by atoms with E-state index in [0.29, 0.717) is 20.9 Å². The van der Waals surface area contributed by atoms with Crippen molar-refractivity contribution in [2.45, 2.75) is 6.54 Å². The van der Waals surface area contributed by atoms with Crippen molar-refractivity contribution in [1.29, 1.82) is 0 Å². The third-order valence-corrected chi connectivity index (χ3v) is 7.07. The first kappa shape index (κ1) is 20.0. The average molecular weight is 465 g/mol. The van der Waals surface area contributed by atoms with Gasteiger partial charge in [-0.15, -0.1) is 11.3 Å². The molecule has 0 N–H and O–H groups in total. The fourth-order valence-corrected chi connectivity index (χ4v) is 5.52. The van der Waals surface area contributed by atoms with Gasteiger partial charge in [0.15, 0.2) is 3.95 Å². The lowest BCUT2D eigenvalue weighted by atomic mass is 10.1. The number of aromatic nitrogens is 2. The van der Waals surface area contributed by atoms with Crippen molar-refractivity contribution < 1.29 is 4.74 Å². The van der Waals surface area contributed by atoms with Crippen LogP contribution in [0.2, 0.25) is 5.02 Å². The SMILES string of the molecule is COc1ccccc1-c1sc(=S)n2c3ccccc3c(=O)n(Cc3ccccc3Cl)c12. The predicted molar refractivity (Wildman–Crippen MR) is 130 cm³/mol. The van der Waals surface area contributed by atoms with Gasteiger partial charge in [-0.05, 0) is 48.1 Å². The Morgan fingerprint density at radius 3 is 2.52 bits per heavy atom. The number of ether oxygens (including phenoxy) is 1. The second-order valence-electron chi connectivity index (χ2n) is 7.06. The summed E-state index contributed by atoms with van der Waals surface area (Å²) in [5, 5.41) is 1.23. The van der Waals surface area contributed by atoms with E-state index in [1.807, 2.05) is 77.2 Å². The zero-order valence-electron chi connectivity index (χ0n) is 16.5. The predicted octanol–water partition coefficient (Wildman–Crippen LogP) is 6.42. The topological polar surface area (TPSA) is 35.6 Å². The number of fused-ring (bicyclic) bond motifs is 3. The molecule has 0 aliphatic carbocycles. The van der Waals surface area contributed by atoms with Gasteiger partial charge < -0.3 is 4.74 Å². The smallest absolute Gasteiger partial charge is 0.261 e. The van der Waals surface area contributed by atoms with Gasteiger partial charge in [0.25, 0.3) is 5.56 Å². The van der Waals surface area contributed by atoms with E-state index in [1.165, 1.54) is 11.3 Å². The number of para-hydroxylation sites is 2. The molecular formula is C24H17ClN2O2S2. The highest BCUT2D eigenvalue weighted by Crippen LogP contribution is 2.38. The first-order valence-electron chi connectivity index (χ1n) is 9.64. The molecule has 154 valence electrons. The largest absolute Gasteiger partial charge is 0.496 e. The van der Waals surface area contributed by atoms with Crippen LogP contribution in [0.5, 0.6) is 5.75 Å². The van der Waals surface area contributed by atoms with Gasteiger partial charge in [0.1, 0.15) is 11.4 Å². The number of methoxy groups -OCH3 is 1. The van der Waals surface area contributed by atoms with Crippen molar-refractivity contribution in [2.75, 3.05) is 7.11 Å². The van der Waals surface area contributed by atoms with E-state index in [9.17, 15) is 4.79 Å². The van der Waals surface area contributed by atoms with Crippen LogP contribution in [0.3, 0.4) is 0 Å². The molecule has 0 atom stereocenters. The van der Waals surface area contributed by atoms with E-state index in [-0.39, 0.29) is 5.56 Å². The molecule has 2 heterocycles. The number of rotatable bonds is 4. The number of hydrogen-bond donors (Lipinski definition) is 0. The minimum Gasteiger partial charge on any atom is -0.496 e. The maximum atomic E-state index is 13.7. The minimum atomic E-state index is -0.0838. The normalized spacial score (nSPS) is 11.3. The van der Waals surface area contributed by atoms with E-state index in [4.69, 9.17) is 28.6 Å². The van der Waals surface area contributed by atoms with Gasteiger partial charge in [-0.25, -0.2) is 0 Å². The molecule has 0 aliphatic heterocycles. The Balaban J connectivity index is 1.94.